The molecule has 1 rings (SSSR count). The molecule has 0 bridgehead atoms. The maximum absolute atomic E-state index is 11.0. The Hall–Kier alpha value is -0.870. The summed E-state index contributed by atoms with van der Waals surface area (Å²) in [5, 5.41) is 18.9. The number of aromatic carboxylic acids is 1. The molecule has 0 radical (unpaired) electrons. The minimum atomic E-state index is -1.01. The Morgan fingerprint density at radius 1 is 1.50 bits per heavy atom. The van der Waals surface area contributed by atoms with Gasteiger partial charge in [0.05, 0.1) is 11.7 Å². The minimum Gasteiger partial charge on any atom is -0.478 e. The molecule has 4 heteroatoms. The van der Waals surface area contributed by atoms with Gasteiger partial charge in [0, 0.05) is 4.47 Å². The highest BCUT2D eigenvalue weighted by Crippen LogP contribution is 2.25. The van der Waals surface area contributed by atoms with E-state index in [4.69, 9.17) is 5.11 Å². The summed E-state index contributed by atoms with van der Waals surface area (Å²) in [5.74, 6) is -1.01. The van der Waals surface area contributed by atoms with Crippen LogP contribution < -0.4 is 0 Å². The molecule has 0 unspecified atom stereocenters. The summed E-state index contributed by atoms with van der Waals surface area (Å²) in [4.78, 5) is 11.0. The van der Waals surface area contributed by atoms with E-state index >= 15 is 0 Å². The summed E-state index contributed by atoms with van der Waals surface area (Å²) < 4.78 is 0.705. The van der Waals surface area contributed by atoms with Crippen LogP contribution in [0.25, 0.3) is 0 Å². The normalized spacial score (nSPS) is 12.4. The Morgan fingerprint density at radius 2 is 2.19 bits per heavy atom. The number of carbonyl (C=O) groups is 1. The van der Waals surface area contributed by atoms with Gasteiger partial charge in [-0.25, -0.2) is 4.79 Å². The molecule has 0 spiro atoms. The van der Waals surface area contributed by atoms with Crippen molar-refractivity contribution in [1.29, 1.82) is 0 Å². The third kappa shape index (κ3) is 3.32. The maximum Gasteiger partial charge on any atom is 0.336 e. The zero-order valence-electron chi connectivity index (χ0n) is 9.11. The highest BCUT2D eigenvalue weighted by Gasteiger charge is 2.16. The standard InChI is InChI=1S/C12H15BrO3/c1-2-3-4-11(14)9-6-5-8(13)7-10(9)12(15)16/h5-7,11,14H,2-4H2,1H3,(H,15,16)/t11-/m0/s1. The van der Waals surface area contributed by atoms with E-state index in [1.165, 1.54) is 6.07 Å². The predicted molar refractivity (Wildman–Crippen MR) is 65.6 cm³/mol. The number of aliphatic hydroxyl groups is 1. The van der Waals surface area contributed by atoms with Crippen LogP contribution in [0.3, 0.4) is 0 Å². The molecule has 1 atom stereocenters. The van der Waals surface area contributed by atoms with E-state index in [1.54, 1.807) is 12.1 Å². The smallest absolute Gasteiger partial charge is 0.336 e. The second-order valence-corrected chi connectivity index (χ2v) is 4.61. The third-order valence-electron chi connectivity index (χ3n) is 2.44. The molecular formula is C12H15BrO3. The van der Waals surface area contributed by atoms with E-state index in [0.717, 1.165) is 12.8 Å². The summed E-state index contributed by atoms with van der Waals surface area (Å²) in [5.41, 5.74) is 0.655. The van der Waals surface area contributed by atoms with Gasteiger partial charge in [0.1, 0.15) is 0 Å². The second kappa shape index (κ2) is 6.01. The first-order valence-corrected chi connectivity index (χ1v) is 6.06. The molecule has 16 heavy (non-hydrogen) atoms. The number of unbranched alkanes of at least 4 members (excludes halogenated alkanes) is 1. The fourth-order valence-corrected chi connectivity index (χ4v) is 1.92. The molecule has 0 fully saturated rings. The molecule has 0 amide bonds. The fourth-order valence-electron chi connectivity index (χ4n) is 1.56. The Balaban J connectivity index is 2.98. The van der Waals surface area contributed by atoms with Gasteiger partial charge < -0.3 is 10.2 Å². The van der Waals surface area contributed by atoms with Crippen molar-refractivity contribution in [2.75, 3.05) is 0 Å². The van der Waals surface area contributed by atoms with Gasteiger partial charge in [-0.05, 0) is 24.1 Å². The molecule has 0 aliphatic rings. The second-order valence-electron chi connectivity index (χ2n) is 3.69. The molecule has 0 aliphatic carbocycles. The summed E-state index contributed by atoms with van der Waals surface area (Å²) >= 11 is 3.22. The van der Waals surface area contributed by atoms with Crippen molar-refractivity contribution in [3.8, 4) is 0 Å². The lowest BCUT2D eigenvalue weighted by Crippen LogP contribution is -2.07. The number of carboxylic acid groups (broad SMARTS) is 1. The molecular weight excluding hydrogens is 272 g/mol. The first-order chi connectivity index (χ1) is 7.56. The molecule has 1 aromatic carbocycles. The number of hydrogen-bond donors (Lipinski definition) is 2. The van der Waals surface area contributed by atoms with Crippen LogP contribution in [0.4, 0.5) is 0 Å². The monoisotopic (exact) mass is 286 g/mol. The van der Waals surface area contributed by atoms with Gasteiger partial charge in [0.25, 0.3) is 0 Å². The van der Waals surface area contributed by atoms with Crippen LogP contribution in [-0.2, 0) is 0 Å². The van der Waals surface area contributed by atoms with Gasteiger partial charge in [-0.1, -0.05) is 41.8 Å². The lowest BCUT2D eigenvalue weighted by atomic mass is 9.99. The quantitative estimate of drug-likeness (QED) is 0.873. The highest BCUT2D eigenvalue weighted by atomic mass is 79.9. The predicted octanol–water partition coefficient (Wildman–Crippen LogP) is 3.37. The van der Waals surface area contributed by atoms with Crippen molar-refractivity contribution in [3.63, 3.8) is 0 Å². The van der Waals surface area contributed by atoms with Crippen molar-refractivity contribution in [1.82, 2.24) is 0 Å². The number of rotatable bonds is 5. The lowest BCUT2D eigenvalue weighted by Gasteiger charge is -2.13. The summed E-state index contributed by atoms with van der Waals surface area (Å²) in [6.07, 6.45) is 1.77. The van der Waals surface area contributed by atoms with Crippen molar-refractivity contribution in [3.05, 3.63) is 33.8 Å². The Bertz CT molecular complexity index is 377. The van der Waals surface area contributed by atoms with Crippen molar-refractivity contribution in [2.45, 2.75) is 32.3 Å². The van der Waals surface area contributed by atoms with Crippen LogP contribution in [0.2, 0.25) is 0 Å². The summed E-state index contributed by atoms with van der Waals surface area (Å²) in [6.45, 7) is 2.03. The SMILES string of the molecule is CCCC[C@H](O)c1ccc(Br)cc1C(=O)O. The van der Waals surface area contributed by atoms with Crippen molar-refractivity contribution in [2.24, 2.45) is 0 Å². The fraction of sp³-hybridized carbons (Fsp3) is 0.417. The number of hydrogen-bond acceptors (Lipinski definition) is 2. The van der Waals surface area contributed by atoms with Crippen molar-refractivity contribution >= 4 is 21.9 Å². The Kier molecular flexibility index (Phi) is 4.96. The number of carboxylic acids is 1. The van der Waals surface area contributed by atoms with Crippen LogP contribution in [0, 0.1) is 0 Å². The molecule has 88 valence electrons. The van der Waals surface area contributed by atoms with Gasteiger partial charge in [-0.3, -0.25) is 0 Å². The molecule has 3 nitrogen and oxygen atoms in total. The van der Waals surface area contributed by atoms with E-state index in [-0.39, 0.29) is 5.56 Å². The number of benzene rings is 1. The summed E-state index contributed by atoms with van der Waals surface area (Å²) in [6, 6.07) is 4.93. The highest BCUT2D eigenvalue weighted by molar-refractivity contribution is 9.10. The maximum atomic E-state index is 11.0. The van der Waals surface area contributed by atoms with Gasteiger partial charge in [-0.15, -0.1) is 0 Å². The van der Waals surface area contributed by atoms with Gasteiger partial charge in [0.2, 0.25) is 0 Å². The zero-order chi connectivity index (χ0) is 12.1. The van der Waals surface area contributed by atoms with Crippen molar-refractivity contribution < 1.29 is 15.0 Å². The molecule has 0 saturated carbocycles. The van der Waals surface area contributed by atoms with Crippen LogP contribution in [0.1, 0.15) is 48.2 Å². The van der Waals surface area contributed by atoms with Crippen LogP contribution in [-0.4, -0.2) is 16.2 Å². The average Bonchev–Trinajstić information content (AvgIpc) is 2.25. The van der Waals surface area contributed by atoms with Crippen LogP contribution >= 0.6 is 15.9 Å². The molecule has 0 heterocycles. The zero-order valence-corrected chi connectivity index (χ0v) is 10.7. The molecule has 2 N–H and O–H groups in total. The summed E-state index contributed by atoms with van der Waals surface area (Å²) in [7, 11) is 0. The van der Waals surface area contributed by atoms with E-state index < -0.39 is 12.1 Å². The Morgan fingerprint density at radius 3 is 2.75 bits per heavy atom. The van der Waals surface area contributed by atoms with Gasteiger partial charge in [0.15, 0.2) is 0 Å². The molecule has 0 aliphatic heterocycles. The van der Waals surface area contributed by atoms with Crippen LogP contribution in [0.5, 0.6) is 0 Å². The lowest BCUT2D eigenvalue weighted by molar-refractivity contribution is 0.0688. The van der Waals surface area contributed by atoms with E-state index in [9.17, 15) is 9.90 Å². The van der Waals surface area contributed by atoms with Gasteiger partial charge >= 0.3 is 5.97 Å². The first kappa shape index (κ1) is 13.2. The Labute approximate surface area is 103 Å². The number of aliphatic hydroxyl groups excluding tert-OH is 1. The van der Waals surface area contributed by atoms with E-state index in [2.05, 4.69) is 15.9 Å². The van der Waals surface area contributed by atoms with Crippen LogP contribution in [0.15, 0.2) is 22.7 Å². The van der Waals surface area contributed by atoms with Gasteiger partial charge in [-0.2, -0.15) is 0 Å². The van der Waals surface area contributed by atoms with E-state index in [0.29, 0.717) is 16.5 Å². The third-order valence-corrected chi connectivity index (χ3v) is 2.93. The first-order valence-electron chi connectivity index (χ1n) is 5.27. The topological polar surface area (TPSA) is 57.5 Å². The average molecular weight is 287 g/mol. The minimum absolute atomic E-state index is 0.165. The molecule has 1 aromatic rings. The van der Waals surface area contributed by atoms with E-state index in [1.807, 2.05) is 6.92 Å². The number of halogens is 1. The largest absolute Gasteiger partial charge is 0.478 e. The molecule has 0 saturated heterocycles. The molecule has 0 aromatic heterocycles.